The predicted molar refractivity (Wildman–Crippen MR) is 85.4 cm³/mol. The Hall–Kier alpha value is -0.650. The molecule has 2 N–H and O–H groups in total. The number of nitrogens with two attached hydrogens (primary N) is 1. The molecule has 2 aliphatic rings. The number of piperazine rings is 1. The van der Waals surface area contributed by atoms with Crippen molar-refractivity contribution in [3.63, 3.8) is 0 Å². The van der Waals surface area contributed by atoms with Crippen molar-refractivity contribution in [3.05, 3.63) is 10.6 Å². The van der Waals surface area contributed by atoms with Crippen molar-refractivity contribution >= 4 is 16.5 Å². The van der Waals surface area contributed by atoms with Crippen LogP contribution < -0.4 is 10.6 Å². The van der Waals surface area contributed by atoms with Gasteiger partial charge in [-0.3, -0.25) is 4.90 Å². The summed E-state index contributed by atoms with van der Waals surface area (Å²) in [6.45, 7) is 7.43. The molecule has 0 unspecified atom stereocenters. The number of rotatable bonds is 4. The molecule has 3 rings (SSSR count). The molecule has 112 valence electrons. The molecule has 1 saturated heterocycles. The summed E-state index contributed by atoms with van der Waals surface area (Å²) in [6, 6.07) is 0.860. The zero-order chi connectivity index (χ0) is 13.9. The second kappa shape index (κ2) is 6.41. The van der Waals surface area contributed by atoms with Crippen LogP contribution in [0.3, 0.4) is 0 Å². The highest BCUT2D eigenvalue weighted by Gasteiger charge is 2.27. The van der Waals surface area contributed by atoms with Gasteiger partial charge in [-0.15, -0.1) is 11.3 Å². The fraction of sp³-hybridized carbons (Fsp3) is 0.800. The Morgan fingerprint density at radius 3 is 2.45 bits per heavy atom. The molecule has 1 aromatic heterocycles. The summed E-state index contributed by atoms with van der Waals surface area (Å²) >= 11 is 1.80. The molecule has 1 saturated carbocycles. The quantitative estimate of drug-likeness (QED) is 0.925. The lowest BCUT2D eigenvalue weighted by Crippen LogP contribution is -2.49. The minimum absolute atomic E-state index is 0.628. The molecule has 0 amide bonds. The highest BCUT2D eigenvalue weighted by atomic mass is 32.1. The lowest BCUT2D eigenvalue weighted by atomic mass is 10.2. The average molecular weight is 294 g/mol. The van der Waals surface area contributed by atoms with Gasteiger partial charge in [0, 0.05) is 43.6 Å². The largest absolute Gasteiger partial charge is 0.346 e. The zero-order valence-corrected chi connectivity index (χ0v) is 13.3. The van der Waals surface area contributed by atoms with Crippen LogP contribution in [-0.4, -0.2) is 42.1 Å². The number of hydrogen-bond donors (Lipinski definition) is 1. The van der Waals surface area contributed by atoms with Crippen molar-refractivity contribution in [2.45, 2.75) is 51.6 Å². The van der Waals surface area contributed by atoms with Crippen molar-refractivity contribution in [1.29, 1.82) is 0 Å². The highest BCUT2D eigenvalue weighted by molar-refractivity contribution is 7.15. The van der Waals surface area contributed by atoms with Gasteiger partial charge in [0.25, 0.3) is 0 Å². The number of anilines is 1. The molecule has 1 aromatic rings. The van der Waals surface area contributed by atoms with E-state index in [0.717, 1.165) is 25.6 Å². The lowest BCUT2D eigenvalue weighted by Gasteiger charge is -2.37. The second-order valence-corrected chi connectivity index (χ2v) is 6.95. The Kier molecular flexibility index (Phi) is 4.58. The van der Waals surface area contributed by atoms with Crippen molar-refractivity contribution in [1.82, 2.24) is 9.88 Å². The van der Waals surface area contributed by atoms with Gasteiger partial charge < -0.3 is 10.6 Å². The maximum absolute atomic E-state index is 5.82. The maximum Gasteiger partial charge on any atom is 0.185 e. The molecule has 0 atom stereocenters. The normalized spacial score (nSPS) is 21.8. The van der Waals surface area contributed by atoms with Crippen LogP contribution in [0.5, 0.6) is 0 Å². The van der Waals surface area contributed by atoms with Gasteiger partial charge in [0.2, 0.25) is 0 Å². The van der Waals surface area contributed by atoms with Crippen molar-refractivity contribution in [2.75, 3.05) is 31.1 Å². The first-order valence-corrected chi connectivity index (χ1v) is 8.81. The molecule has 2 fully saturated rings. The Morgan fingerprint density at radius 1 is 1.20 bits per heavy atom. The van der Waals surface area contributed by atoms with Gasteiger partial charge in [-0.1, -0.05) is 19.8 Å². The smallest absolute Gasteiger partial charge is 0.185 e. The van der Waals surface area contributed by atoms with Gasteiger partial charge >= 0.3 is 0 Å². The predicted octanol–water partition coefficient (Wildman–Crippen LogP) is 2.23. The summed E-state index contributed by atoms with van der Waals surface area (Å²) < 4.78 is 0. The van der Waals surface area contributed by atoms with Crippen LogP contribution in [0.15, 0.2) is 0 Å². The summed E-state index contributed by atoms with van der Waals surface area (Å²) in [5, 5.41) is 1.19. The molecule has 0 bridgehead atoms. The summed E-state index contributed by atoms with van der Waals surface area (Å²) in [5.41, 5.74) is 7.02. The van der Waals surface area contributed by atoms with Crippen LogP contribution in [0.2, 0.25) is 0 Å². The molecule has 1 aliphatic carbocycles. The van der Waals surface area contributed by atoms with E-state index in [9.17, 15) is 0 Å². The first-order chi connectivity index (χ1) is 9.81. The first-order valence-electron chi connectivity index (χ1n) is 7.99. The van der Waals surface area contributed by atoms with E-state index >= 15 is 0 Å². The molecule has 2 heterocycles. The van der Waals surface area contributed by atoms with Crippen LogP contribution in [0.4, 0.5) is 5.13 Å². The van der Waals surface area contributed by atoms with E-state index in [1.807, 2.05) is 0 Å². The monoisotopic (exact) mass is 294 g/mol. The van der Waals surface area contributed by atoms with Crippen LogP contribution in [0, 0.1) is 0 Å². The fourth-order valence-electron chi connectivity index (χ4n) is 3.49. The molecule has 1 aliphatic heterocycles. The summed E-state index contributed by atoms with van der Waals surface area (Å²) in [6.07, 6.45) is 6.67. The molecule has 0 radical (unpaired) electrons. The fourth-order valence-corrected chi connectivity index (χ4v) is 4.57. The topological polar surface area (TPSA) is 45.4 Å². The third-order valence-corrected chi connectivity index (χ3v) is 5.89. The number of thiazole rings is 1. The Bertz CT molecular complexity index is 410. The Labute approximate surface area is 126 Å². The molecular formula is C15H26N4S. The van der Waals surface area contributed by atoms with Gasteiger partial charge in [-0.25, -0.2) is 4.98 Å². The van der Waals surface area contributed by atoms with Crippen LogP contribution >= 0.6 is 11.3 Å². The van der Waals surface area contributed by atoms with Crippen LogP contribution in [-0.2, 0) is 13.0 Å². The second-order valence-electron chi connectivity index (χ2n) is 5.89. The average Bonchev–Trinajstić information content (AvgIpc) is 3.16. The van der Waals surface area contributed by atoms with Gasteiger partial charge in [0.15, 0.2) is 5.13 Å². The highest BCUT2D eigenvalue weighted by Crippen LogP contribution is 2.29. The number of hydrogen-bond acceptors (Lipinski definition) is 5. The SMILES string of the molecule is CCc1nc(N2CCN(C3CCCC3)CC2)sc1CN. The number of aromatic nitrogens is 1. The van der Waals surface area contributed by atoms with E-state index in [4.69, 9.17) is 10.7 Å². The molecule has 0 aromatic carbocycles. The molecular weight excluding hydrogens is 268 g/mol. The molecule has 20 heavy (non-hydrogen) atoms. The lowest BCUT2D eigenvalue weighted by molar-refractivity contribution is 0.187. The van der Waals surface area contributed by atoms with E-state index in [-0.39, 0.29) is 0 Å². The third kappa shape index (κ3) is 2.85. The van der Waals surface area contributed by atoms with Gasteiger partial charge in [0.1, 0.15) is 0 Å². The van der Waals surface area contributed by atoms with Crippen LogP contribution in [0.1, 0.15) is 43.2 Å². The van der Waals surface area contributed by atoms with E-state index in [2.05, 4.69) is 16.7 Å². The van der Waals surface area contributed by atoms with Crippen LogP contribution in [0.25, 0.3) is 0 Å². The van der Waals surface area contributed by atoms with Crippen molar-refractivity contribution in [2.24, 2.45) is 5.73 Å². The molecule has 4 nitrogen and oxygen atoms in total. The summed E-state index contributed by atoms with van der Waals surface area (Å²) in [4.78, 5) is 11.2. The molecule has 5 heteroatoms. The maximum atomic E-state index is 5.82. The minimum atomic E-state index is 0.628. The Balaban J connectivity index is 1.61. The summed E-state index contributed by atoms with van der Waals surface area (Å²) in [7, 11) is 0. The third-order valence-electron chi connectivity index (χ3n) is 4.71. The van der Waals surface area contributed by atoms with Gasteiger partial charge in [0.05, 0.1) is 5.69 Å². The number of nitrogens with zero attached hydrogens (tertiary/aromatic N) is 3. The minimum Gasteiger partial charge on any atom is -0.346 e. The molecule has 0 spiro atoms. The van der Waals surface area contributed by atoms with Gasteiger partial charge in [-0.05, 0) is 19.3 Å². The zero-order valence-electron chi connectivity index (χ0n) is 12.5. The van der Waals surface area contributed by atoms with E-state index in [1.165, 1.54) is 54.5 Å². The van der Waals surface area contributed by atoms with E-state index < -0.39 is 0 Å². The van der Waals surface area contributed by atoms with Crippen molar-refractivity contribution < 1.29 is 0 Å². The number of aryl methyl sites for hydroxylation is 1. The summed E-state index contributed by atoms with van der Waals surface area (Å²) in [5.74, 6) is 0. The standard InChI is InChI=1S/C15H26N4S/c1-2-13-14(11-16)20-15(17-13)19-9-7-18(8-10-19)12-5-3-4-6-12/h12H,2-11,16H2,1H3. The van der Waals surface area contributed by atoms with E-state index in [0.29, 0.717) is 6.54 Å². The van der Waals surface area contributed by atoms with Gasteiger partial charge in [-0.2, -0.15) is 0 Å². The Morgan fingerprint density at radius 2 is 1.90 bits per heavy atom. The van der Waals surface area contributed by atoms with Crippen molar-refractivity contribution in [3.8, 4) is 0 Å². The first kappa shape index (κ1) is 14.3. The van der Waals surface area contributed by atoms with E-state index in [1.54, 1.807) is 11.3 Å².